The zero-order chi connectivity index (χ0) is 28.0. The zero-order valence-electron chi connectivity index (χ0n) is 21.0. The lowest BCUT2D eigenvalue weighted by molar-refractivity contribution is -0.136. The summed E-state index contributed by atoms with van der Waals surface area (Å²) in [5.74, 6) is -2.01. The summed E-state index contributed by atoms with van der Waals surface area (Å²) in [7, 11) is -1.50. The van der Waals surface area contributed by atoms with Crippen LogP contribution in [0, 0.1) is 5.82 Å². The topological polar surface area (TPSA) is 130 Å². The van der Waals surface area contributed by atoms with Gasteiger partial charge >= 0.3 is 5.97 Å². The molecule has 1 aliphatic rings. The molecule has 1 amide bonds. The van der Waals surface area contributed by atoms with Crippen molar-refractivity contribution in [2.75, 3.05) is 39.1 Å². The molecule has 2 aromatic rings. The quantitative estimate of drug-likeness (QED) is 0.431. The van der Waals surface area contributed by atoms with Gasteiger partial charge in [-0.05, 0) is 55.0 Å². The van der Waals surface area contributed by atoms with E-state index in [0.29, 0.717) is 11.3 Å². The number of anilines is 1. The highest BCUT2D eigenvalue weighted by atomic mass is 32.2. The molecule has 1 fully saturated rings. The van der Waals surface area contributed by atoms with Crippen molar-refractivity contribution < 1.29 is 36.7 Å². The molecule has 2 atom stereocenters. The molecule has 0 bridgehead atoms. The van der Waals surface area contributed by atoms with E-state index >= 15 is 0 Å². The van der Waals surface area contributed by atoms with Crippen LogP contribution in [0.4, 0.5) is 10.1 Å². The van der Waals surface area contributed by atoms with Gasteiger partial charge in [0.25, 0.3) is 0 Å². The SMILES string of the molecule is COC(=O)c1ccc(NCC(=O)CN(C)C(=O)C2CC(SC(C)=O)CN2S(=O)(=O)c2ccc(F)cc2)cc1. The number of Topliss-reactive ketones (excluding diaryl/α,β-unsaturated/α-hetero) is 1. The van der Waals surface area contributed by atoms with Gasteiger partial charge in [0.05, 0.1) is 30.7 Å². The maximum Gasteiger partial charge on any atom is 0.337 e. The number of nitrogens with one attached hydrogen (secondary N) is 1. The second-order valence-electron chi connectivity index (χ2n) is 8.67. The van der Waals surface area contributed by atoms with Crippen LogP contribution in [0.25, 0.3) is 0 Å². The molecular weight excluding hydrogens is 537 g/mol. The van der Waals surface area contributed by atoms with Gasteiger partial charge in [0.1, 0.15) is 11.9 Å². The summed E-state index contributed by atoms with van der Waals surface area (Å²) < 4.78 is 45.6. The number of hydrogen-bond donors (Lipinski definition) is 1. The Balaban J connectivity index is 1.68. The Labute approximate surface area is 224 Å². The molecule has 38 heavy (non-hydrogen) atoms. The fourth-order valence-corrected chi connectivity index (χ4v) is 6.73. The third-order valence-corrected chi connectivity index (χ3v) is 8.74. The number of nitrogens with zero attached hydrogens (tertiary/aromatic N) is 2. The van der Waals surface area contributed by atoms with Crippen LogP contribution in [0.15, 0.2) is 53.4 Å². The van der Waals surface area contributed by atoms with Crippen molar-refractivity contribution in [1.29, 1.82) is 0 Å². The number of amides is 1. The molecule has 0 spiro atoms. The fourth-order valence-electron chi connectivity index (χ4n) is 4.02. The van der Waals surface area contributed by atoms with Gasteiger partial charge in [-0.25, -0.2) is 17.6 Å². The minimum atomic E-state index is -4.17. The summed E-state index contributed by atoms with van der Waals surface area (Å²) in [5.41, 5.74) is 0.934. The molecule has 10 nitrogen and oxygen atoms in total. The largest absolute Gasteiger partial charge is 0.465 e. The highest BCUT2D eigenvalue weighted by Crippen LogP contribution is 2.33. The van der Waals surface area contributed by atoms with Gasteiger partial charge in [0, 0.05) is 31.5 Å². The average Bonchev–Trinajstić information content (AvgIpc) is 3.31. The number of halogens is 1. The molecule has 13 heteroatoms. The molecule has 0 aliphatic carbocycles. The number of methoxy groups -OCH3 is 1. The Morgan fingerprint density at radius 2 is 1.74 bits per heavy atom. The van der Waals surface area contributed by atoms with E-state index in [1.165, 1.54) is 21.1 Å². The Morgan fingerprint density at radius 3 is 2.32 bits per heavy atom. The van der Waals surface area contributed by atoms with Gasteiger partial charge in [-0.15, -0.1) is 0 Å². The second-order valence-corrected chi connectivity index (χ2v) is 12.0. The summed E-state index contributed by atoms with van der Waals surface area (Å²) in [6.45, 7) is 0.891. The summed E-state index contributed by atoms with van der Waals surface area (Å²) in [6.07, 6.45) is 0.0901. The average molecular weight is 566 g/mol. The van der Waals surface area contributed by atoms with Gasteiger partial charge in [0.15, 0.2) is 10.9 Å². The molecular formula is C25H28FN3O7S2. The summed E-state index contributed by atoms with van der Waals surface area (Å²) in [4.78, 5) is 50.0. The van der Waals surface area contributed by atoms with E-state index in [2.05, 4.69) is 10.1 Å². The maximum absolute atomic E-state index is 13.4. The second kappa shape index (κ2) is 12.5. The van der Waals surface area contributed by atoms with E-state index < -0.39 is 39.0 Å². The van der Waals surface area contributed by atoms with Crippen LogP contribution in [-0.4, -0.2) is 85.5 Å². The van der Waals surface area contributed by atoms with Gasteiger partial charge < -0.3 is 15.0 Å². The summed E-state index contributed by atoms with van der Waals surface area (Å²) in [5, 5.41) is 2.25. The number of carbonyl (C=O) groups is 4. The first-order valence-electron chi connectivity index (χ1n) is 11.6. The number of benzene rings is 2. The third-order valence-electron chi connectivity index (χ3n) is 5.84. The van der Waals surface area contributed by atoms with Crippen molar-refractivity contribution in [2.24, 2.45) is 0 Å². The van der Waals surface area contributed by atoms with E-state index in [1.54, 1.807) is 24.3 Å². The van der Waals surface area contributed by atoms with Crippen molar-refractivity contribution in [3.05, 3.63) is 59.9 Å². The number of carbonyl (C=O) groups excluding carboxylic acids is 4. The number of ether oxygens (including phenoxy) is 1. The Bertz CT molecular complexity index is 1300. The van der Waals surface area contributed by atoms with Crippen molar-refractivity contribution >= 4 is 50.2 Å². The molecule has 0 aromatic heterocycles. The standard InChI is InChI=1S/C25H28FN3O7S2/c1-16(30)37-21-12-23(29(15-21)38(34,35)22-10-6-18(26)7-11-22)24(32)28(2)14-20(31)13-27-19-8-4-17(5-9-19)25(33)36-3/h4-11,21,23,27H,12-15H2,1-3H3. The molecule has 1 saturated heterocycles. The Morgan fingerprint density at radius 1 is 1.11 bits per heavy atom. The van der Waals surface area contributed by atoms with E-state index in [1.807, 2.05) is 0 Å². The molecule has 2 aromatic carbocycles. The molecule has 2 unspecified atom stereocenters. The van der Waals surface area contributed by atoms with Crippen molar-refractivity contribution in [1.82, 2.24) is 9.21 Å². The number of hydrogen-bond acceptors (Lipinski definition) is 9. The minimum Gasteiger partial charge on any atom is -0.465 e. The number of likely N-dealkylation sites (N-methyl/N-ethyl adjacent to an activating group) is 1. The van der Waals surface area contributed by atoms with Crippen LogP contribution < -0.4 is 5.32 Å². The van der Waals surface area contributed by atoms with Crippen LogP contribution in [0.2, 0.25) is 0 Å². The van der Waals surface area contributed by atoms with Crippen molar-refractivity contribution in [3.63, 3.8) is 0 Å². The third kappa shape index (κ3) is 7.17. The van der Waals surface area contributed by atoms with Crippen LogP contribution in [0.1, 0.15) is 23.7 Å². The highest BCUT2D eigenvalue weighted by molar-refractivity contribution is 8.14. The lowest BCUT2D eigenvalue weighted by Gasteiger charge is -2.27. The molecule has 0 radical (unpaired) electrons. The number of thioether (sulfide) groups is 1. The summed E-state index contributed by atoms with van der Waals surface area (Å²) in [6, 6.07) is 9.45. The molecule has 1 aliphatic heterocycles. The van der Waals surface area contributed by atoms with E-state index in [9.17, 15) is 32.0 Å². The van der Waals surface area contributed by atoms with Crippen LogP contribution >= 0.6 is 11.8 Å². The number of rotatable bonds is 10. The lowest BCUT2D eigenvalue weighted by Crippen LogP contribution is -2.48. The fraction of sp³-hybridized carbons (Fsp3) is 0.360. The Kier molecular flexibility index (Phi) is 9.63. The van der Waals surface area contributed by atoms with E-state index in [0.717, 1.165) is 45.2 Å². The number of sulfonamides is 1. The molecule has 1 N–H and O–H groups in total. The first kappa shape index (κ1) is 29.3. The maximum atomic E-state index is 13.4. The molecule has 0 saturated carbocycles. The number of ketones is 1. The molecule has 204 valence electrons. The van der Waals surface area contributed by atoms with Gasteiger partial charge in [-0.3, -0.25) is 14.4 Å². The Hall–Kier alpha value is -3.29. The smallest absolute Gasteiger partial charge is 0.337 e. The van der Waals surface area contributed by atoms with Gasteiger partial charge in [0.2, 0.25) is 15.9 Å². The van der Waals surface area contributed by atoms with Crippen molar-refractivity contribution in [3.8, 4) is 0 Å². The normalized spacial score (nSPS) is 17.6. The van der Waals surface area contributed by atoms with Crippen LogP contribution in [0.3, 0.4) is 0 Å². The predicted molar refractivity (Wildman–Crippen MR) is 140 cm³/mol. The van der Waals surface area contributed by atoms with Gasteiger partial charge in [-0.1, -0.05) is 11.8 Å². The lowest BCUT2D eigenvalue weighted by atomic mass is 10.2. The van der Waals surface area contributed by atoms with Crippen LogP contribution in [-0.2, 0) is 29.1 Å². The predicted octanol–water partition coefficient (Wildman–Crippen LogP) is 2.16. The van der Waals surface area contributed by atoms with Gasteiger partial charge in [-0.2, -0.15) is 4.31 Å². The minimum absolute atomic E-state index is 0.0781. The van der Waals surface area contributed by atoms with E-state index in [4.69, 9.17) is 0 Å². The highest BCUT2D eigenvalue weighted by Gasteiger charge is 2.45. The summed E-state index contributed by atoms with van der Waals surface area (Å²) >= 11 is 0.955. The first-order valence-corrected chi connectivity index (χ1v) is 13.9. The van der Waals surface area contributed by atoms with Crippen molar-refractivity contribution in [2.45, 2.75) is 29.5 Å². The number of esters is 1. The van der Waals surface area contributed by atoms with E-state index in [-0.39, 0.29) is 41.8 Å². The van der Waals surface area contributed by atoms with Crippen LogP contribution in [0.5, 0.6) is 0 Å². The molecule has 1 heterocycles. The zero-order valence-corrected chi connectivity index (χ0v) is 22.7. The monoisotopic (exact) mass is 565 g/mol. The first-order chi connectivity index (χ1) is 17.9. The molecule has 3 rings (SSSR count).